The second-order valence-electron chi connectivity index (χ2n) is 5.28. The van der Waals surface area contributed by atoms with Gasteiger partial charge in [-0.2, -0.15) is 0 Å². The van der Waals surface area contributed by atoms with E-state index < -0.39 is 5.82 Å². The number of ether oxygens (including phenoxy) is 3. The Kier molecular flexibility index (Phi) is 6.09. The maximum Gasteiger partial charge on any atom is 0.255 e. The predicted octanol–water partition coefficient (Wildman–Crippen LogP) is 3.78. The Balaban J connectivity index is 2.31. The molecule has 25 heavy (non-hydrogen) atoms. The molecule has 0 radical (unpaired) electrons. The van der Waals surface area contributed by atoms with Crippen molar-refractivity contribution in [3.63, 3.8) is 0 Å². The van der Waals surface area contributed by atoms with E-state index in [9.17, 15) is 9.18 Å². The third-order valence-electron chi connectivity index (χ3n) is 3.70. The van der Waals surface area contributed by atoms with E-state index in [0.717, 1.165) is 11.6 Å². The lowest BCUT2D eigenvalue weighted by atomic mass is 10.1. The van der Waals surface area contributed by atoms with Crippen molar-refractivity contribution >= 4 is 17.5 Å². The fraction of sp³-hybridized carbons (Fsp3) is 0.278. The molecule has 0 aromatic heterocycles. The molecule has 0 saturated carbocycles. The lowest BCUT2D eigenvalue weighted by molar-refractivity contribution is 0.0784. The van der Waals surface area contributed by atoms with Gasteiger partial charge in [-0.15, -0.1) is 0 Å². The molecule has 0 bridgehead atoms. The number of nitrogens with zero attached hydrogens (tertiary/aromatic N) is 1. The molecule has 0 unspecified atom stereocenters. The smallest absolute Gasteiger partial charge is 0.255 e. The number of hydrogen-bond donors (Lipinski definition) is 0. The van der Waals surface area contributed by atoms with Crippen molar-refractivity contribution in [2.45, 2.75) is 6.54 Å². The van der Waals surface area contributed by atoms with Gasteiger partial charge in [-0.25, -0.2) is 4.39 Å². The fourth-order valence-corrected chi connectivity index (χ4v) is 2.73. The van der Waals surface area contributed by atoms with Crippen LogP contribution in [0.4, 0.5) is 4.39 Å². The minimum atomic E-state index is -0.495. The van der Waals surface area contributed by atoms with Crippen molar-refractivity contribution in [3.8, 4) is 17.2 Å². The van der Waals surface area contributed by atoms with Gasteiger partial charge in [0, 0.05) is 19.2 Å². The second-order valence-corrected chi connectivity index (χ2v) is 5.69. The lowest BCUT2D eigenvalue weighted by Crippen LogP contribution is -2.26. The molecule has 2 aromatic carbocycles. The van der Waals surface area contributed by atoms with Gasteiger partial charge >= 0.3 is 0 Å². The summed E-state index contributed by atoms with van der Waals surface area (Å²) in [5, 5.41) is 0.0659. The quantitative estimate of drug-likeness (QED) is 0.779. The van der Waals surface area contributed by atoms with E-state index in [-0.39, 0.29) is 23.0 Å². The Hall–Kier alpha value is -2.47. The molecular formula is C18H19ClFNO4. The molecule has 2 aromatic rings. The third-order valence-corrected chi connectivity index (χ3v) is 4.01. The average molecular weight is 368 g/mol. The van der Waals surface area contributed by atoms with Gasteiger partial charge < -0.3 is 19.1 Å². The molecule has 5 nitrogen and oxygen atoms in total. The van der Waals surface area contributed by atoms with Gasteiger partial charge in [0.25, 0.3) is 5.91 Å². The van der Waals surface area contributed by atoms with Crippen molar-refractivity contribution in [1.82, 2.24) is 4.90 Å². The summed E-state index contributed by atoms with van der Waals surface area (Å²) in [6.07, 6.45) is 0. The molecule has 0 aliphatic carbocycles. The van der Waals surface area contributed by atoms with E-state index in [4.69, 9.17) is 25.8 Å². The van der Waals surface area contributed by atoms with E-state index in [2.05, 4.69) is 0 Å². The van der Waals surface area contributed by atoms with Crippen molar-refractivity contribution < 1.29 is 23.4 Å². The summed E-state index contributed by atoms with van der Waals surface area (Å²) in [5.74, 6) is 0.626. The van der Waals surface area contributed by atoms with Crippen molar-refractivity contribution in [2.24, 2.45) is 0 Å². The Bertz CT molecular complexity index is 782. The van der Waals surface area contributed by atoms with E-state index >= 15 is 0 Å². The highest BCUT2D eigenvalue weighted by Gasteiger charge is 2.20. The number of halogens is 2. The Labute approximate surface area is 150 Å². The highest BCUT2D eigenvalue weighted by molar-refractivity contribution is 6.33. The van der Waals surface area contributed by atoms with Crippen LogP contribution in [-0.2, 0) is 6.54 Å². The zero-order valence-electron chi connectivity index (χ0n) is 14.4. The predicted molar refractivity (Wildman–Crippen MR) is 93.3 cm³/mol. The van der Waals surface area contributed by atoms with Crippen LogP contribution in [0.2, 0.25) is 5.02 Å². The number of hydrogen-bond acceptors (Lipinski definition) is 4. The molecular weight excluding hydrogens is 349 g/mol. The summed E-state index contributed by atoms with van der Waals surface area (Å²) < 4.78 is 29.2. The van der Waals surface area contributed by atoms with Crippen LogP contribution >= 0.6 is 11.6 Å². The first-order valence-corrected chi connectivity index (χ1v) is 7.79. The summed E-state index contributed by atoms with van der Waals surface area (Å²) in [4.78, 5) is 14.0. The van der Waals surface area contributed by atoms with Crippen LogP contribution in [0.5, 0.6) is 17.2 Å². The van der Waals surface area contributed by atoms with Gasteiger partial charge in [-0.1, -0.05) is 11.6 Å². The number of carbonyl (C=O) groups excluding carboxylic acids is 1. The van der Waals surface area contributed by atoms with E-state index in [1.54, 1.807) is 19.2 Å². The number of rotatable bonds is 6. The number of amides is 1. The van der Waals surface area contributed by atoms with E-state index in [0.29, 0.717) is 17.2 Å². The summed E-state index contributed by atoms with van der Waals surface area (Å²) in [5.41, 5.74) is 0.958. The topological polar surface area (TPSA) is 48.0 Å². The molecule has 0 heterocycles. The van der Waals surface area contributed by atoms with Gasteiger partial charge in [0.05, 0.1) is 31.9 Å². The van der Waals surface area contributed by atoms with Crippen molar-refractivity contribution in [2.75, 3.05) is 28.4 Å². The standard InChI is InChI=1S/C18H19ClFNO4/c1-21(18(22)13-7-6-12(20)9-14(13)19)10-11-5-8-15(23-2)17(25-4)16(11)24-3/h5-9H,10H2,1-4H3. The Morgan fingerprint density at radius 3 is 2.32 bits per heavy atom. The summed E-state index contributed by atoms with van der Waals surface area (Å²) in [6.45, 7) is 0.246. The molecule has 0 fully saturated rings. The summed E-state index contributed by atoms with van der Waals surface area (Å²) in [6, 6.07) is 7.20. The maximum atomic E-state index is 13.2. The molecule has 1 amide bonds. The van der Waals surface area contributed by atoms with Crippen LogP contribution < -0.4 is 14.2 Å². The van der Waals surface area contributed by atoms with Crippen LogP contribution in [0.15, 0.2) is 30.3 Å². The van der Waals surface area contributed by atoms with Gasteiger partial charge in [-0.3, -0.25) is 4.79 Å². The summed E-state index contributed by atoms with van der Waals surface area (Å²) in [7, 11) is 6.18. The Morgan fingerprint density at radius 1 is 1.08 bits per heavy atom. The Morgan fingerprint density at radius 2 is 1.76 bits per heavy atom. The van der Waals surface area contributed by atoms with Crippen molar-refractivity contribution in [1.29, 1.82) is 0 Å². The lowest BCUT2D eigenvalue weighted by Gasteiger charge is -2.21. The van der Waals surface area contributed by atoms with Crippen LogP contribution in [0, 0.1) is 5.82 Å². The van der Waals surface area contributed by atoms with Crippen LogP contribution in [-0.4, -0.2) is 39.2 Å². The summed E-state index contributed by atoms with van der Waals surface area (Å²) >= 11 is 5.97. The fourth-order valence-electron chi connectivity index (χ4n) is 2.48. The third kappa shape index (κ3) is 3.96. The maximum absolute atomic E-state index is 13.2. The normalized spacial score (nSPS) is 10.3. The molecule has 2 rings (SSSR count). The van der Waals surface area contributed by atoms with Crippen LogP contribution in [0.1, 0.15) is 15.9 Å². The zero-order chi connectivity index (χ0) is 18.6. The van der Waals surface area contributed by atoms with Gasteiger partial charge in [0.2, 0.25) is 5.75 Å². The van der Waals surface area contributed by atoms with Gasteiger partial charge in [0.1, 0.15) is 5.82 Å². The van der Waals surface area contributed by atoms with Gasteiger partial charge in [0.15, 0.2) is 11.5 Å². The van der Waals surface area contributed by atoms with Crippen LogP contribution in [0.3, 0.4) is 0 Å². The minimum absolute atomic E-state index is 0.0659. The molecule has 134 valence electrons. The number of benzene rings is 2. The first-order chi connectivity index (χ1) is 11.9. The molecule has 0 N–H and O–H groups in total. The molecule has 0 spiro atoms. The average Bonchev–Trinajstić information content (AvgIpc) is 2.60. The second kappa shape index (κ2) is 8.07. The zero-order valence-corrected chi connectivity index (χ0v) is 15.2. The van der Waals surface area contributed by atoms with Crippen molar-refractivity contribution in [3.05, 3.63) is 52.3 Å². The van der Waals surface area contributed by atoms with Crippen LogP contribution in [0.25, 0.3) is 0 Å². The molecule has 0 aliphatic heterocycles. The first kappa shape index (κ1) is 18.9. The SMILES string of the molecule is COc1ccc(CN(C)C(=O)c2ccc(F)cc2Cl)c(OC)c1OC. The minimum Gasteiger partial charge on any atom is -0.493 e. The van der Waals surface area contributed by atoms with E-state index in [1.165, 1.54) is 38.4 Å². The first-order valence-electron chi connectivity index (χ1n) is 7.41. The largest absolute Gasteiger partial charge is 0.493 e. The highest BCUT2D eigenvalue weighted by Crippen LogP contribution is 2.40. The number of carbonyl (C=O) groups is 1. The van der Waals surface area contributed by atoms with E-state index in [1.807, 2.05) is 0 Å². The molecule has 0 atom stereocenters. The molecule has 7 heteroatoms. The number of methoxy groups -OCH3 is 3. The highest BCUT2D eigenvalue weighted by atomic mass is 35.5. The molecule has 0 aliphatic rings. The molecule has 0 saturated heterocycles. The van der Waals surface area contributed by atoms with Gasteiger partial charge in [-0.05, 0) is 30.3 Å². The monoisotopic (exact) mass is 367 g/mol.